The molecule has 8 heteroatoms. The largest absolute Gasteiger partial charge is 0.486 e. The van der Waals surface area contributed by atoms with E-state index in [-0.39, 0.29) is 11.4 Å². The number of aromatic nitrogens is 2. The van der Waals surface area contributed by atoms with Gasteiger partial charge in [-0.05, 0) is 25.0 Å². The molecule has 0 spiro atoms. The van der Waals surface area contributed by atoms with Gasteiger partial charge in [0.15, 0.2) is 11.5 Å². The summed E-state index contributed by atoms with van der Waals surface area (Å²) in [4.78, 5) is 4.67. The molecule has 128 valence electrons. The normalized spacial score (nSPS) is 16.7. The summed E-state index contributed by atoms with van der Waals surface area (Å²) in [6.45, 7) is 2.03. The third kappa shape index (κ3) is 2.99. The Balaban J connectivity index is 1.50. The van der Waals surface area contributed by atoms with Crippen LogP contribution in [-0.4, -0.2) is 31.2 Å². The number of hydrogen-bond acceptors (Lipinski definition) is 5. The summed E-state index contributed by atoms with van der Waals surface area (Å²) in [7, 11) is -3.63. The SMILES string of the molecule is O=S(=O)(NCc1cn2c(n1)CCCC2)c1ccc2c(c1)OCCO2. The average molecular weight is 349 g/mol. The molecule has 0 bridgehead atoms. The van der Waals surface area contributed by atoms with Crippen LogP contribution in [0.3, 0.4) is 0 Å². The number of imidazole rings is 1. The molecule has 0 radical (unpaired) electrons. The molecule has 1 aromatic carbocycles. The molecule has 0 atom stereocenters. The monoisotopic (exact) mass is 349 g/mol. The second-order valence-electron chi connectivity index (χ2n) is 5.93. The average Bonchev–Trinajstić information content (AvgIpc) is 3.03. The molecule has 2 aliphatic heterocycles. The maximum Gasteiger partial charge on any atom is 0.241 e. The van der Waals surface area contributed by atoms with E-state index in [4.69, 9.17) is 9.47 Å². The third-order valence-electron chi connectivity index (χ3n) is 4.23. The van der Waals surface area contributed by atoms with E-state index in [1.807, 2.05) is 6.20 Å². The Kier molecular flexibility index (Phi) is 3.93. The molecular formula is C16H19N3O4S. The van der Waals surface area contributed by atoms with Crippen molar-refractivity contribution < 1.29 is 17.9 Å². The first-order valence-corrected chi connectivity index (χ1v) is 9.54. The van der Waals surface area contributed by atoms with Crippen molar-refractivity contribution in [3.63, 3.8) is 0 Å². The van der Waals surface area contributed by atoms with Crippen molar-refractivity contribution >= 4 is 10.0 Å². The molecule has 0 unspecified atom stereocenters. The lowest BCUT2D eigenvalue weighted by Gasteiger charge is -2.18. The summed E-state index contributed by atoms with van der Waals surface area (Å²) in [5, 5.41) is 0. The van der Waals surface area contributed by atoms with Crippen LogP contribution in [0.5, 0.6) is 11.5 Å². The summed E-state index contributed by atoms with van der Waals surface area (Å²) in [5.74, 6) is 2.07. The minimum absolute atomic E-state index is 0.163. The maximum absolute atomic E-state index is 12.5. The fourth-order valence-electron chi connectivity index (χ4n) is 3.00. The standard InChI is InChI=1S/C16H19N3O4S/c20-24(21,13-4-5-14-15(9-13)23-8-7-22-14)17-10-12-11-19-6-2-1-3-16(19)18-12/h4-5,9,11,17H,1-3,6-8,10H2. The Labute approximate surface area is 140 Å². The van der Waals surface area contributed by atoms with E-state index >= 15 is 0 Å². The quantitative estimate of drug-likeness (QED) is 0.904. The zero-order valence-electron chi connectivity index (χ0n) is 13.2. The highest BCUT2D eigenvalue weighted by Crippen LogP contribution is 2.32. The van der Waals surface area contributed by atoms with Crippen molar-refractivity contribution in [2.24, 2.45) is 0 Å². The van der Waals surface area contributed by atoms with E-state index in [1.165, 1.54) is 12.1 Å². The second kappa shape index (κ2) is 6.10. The molecule has 1 aromatic heterocycles. The molecule has 0 saturated carbocycles. The van der Waals surface area contributed by atoms with Gasteiger partial charge < -0.3 is 14.0 Å². The molecule has 3 heterocycles. The fraction of sp³-hybridized carbons (Fsp3) is 0.438. The van der Waals surface area contributed by atoms with E-state index in [0.29, 0.717) is 24.7 Å². The minimum atomic E-state index is -3.63. The number of aryl methyl sites for hydroxylation is 2. The van der Waals surface area contributed by atoms with Gasteiger partial charge in [0.1, 0.15) is 19.0 Å². The molecule has 0 fully saturated rings. The molecular weight excluding hydrogens is 330 g/mol. The summed E-state index contributed by atoms with van der Waals surface area (Å²) in [6.07, 6.45) is 5.17. The number of benzene rings is 1. The zero-order chi connectivity index (χ0) is 16.6. The molecule has 7 nitrogen and oxygen atoms in total. The Morgan fingerprint density at radius 2 is 2.00 bits per heavy atom. The van der Waals surface area contributed by atoms with Crippen LogP contribution in [0.25, 0.3) is 0 Å². The summed E-state index contributed by atoms with van der Waals surface area (Å²) >= 11 is 0. The van der Waals surface area contributed by atoms with Crippen LogP contribution >= 0.6 is 0 Å². The third-order valence-corrected chi connectivity index (χ3v) is 5.62. The Morgan fingerprint density at radius 3 is 2.83 bits per heavy atom. The molecule has 0 saturated heterocycles. The Hall–Kier alpha value is -2.06. The van der Waals surface area contributed by atoms with Gasteiger partial charge in [-0.3, -0.25) is 0 Å². The van der Waals surface area contributed by atoms with Gasteiger partial charge in [-0.1, -0.05) is 0 Å². The highest BCUT2D eigenvalue weighted by atomic mass is 32.2. The molecule has 0 aliphatic carbocycles. The van der Waals surface area contributed by atoms with Gasteiger partial charge in [0.25, 0.3) is 0 Å². The predicted molar refractivity (Wildman–Crippen MR) is 86.6 cm³/mol. The second-order valence-corrected chi connectivity index (χ2v) is 7.70. The first-order valence-electron chi connectivity index (χ1n) is 8.06. The van der Waals surface area contributed by atoms with E-state index in [0.717, 1.165) is 37.3 Å². The van der Waals surface area contributed by atoms with Crippen molar-refractivity contribution in [2.75, 3.05) is 13.2 Å². The number of nitrogens with one attached hydrogen (secondary N) is 1. The summed E-state index contributed by atoms with van der Waals surface area (Å²) in [6, 6.07) is 4.64. The number of sulfonamides is 1. The van der Waals surface area contributed by atoms with E-state index in [2.05, 4.69) is 14.3 Å². The Morgan fingerprint density at radius 1 is 1.17 bits per heavy atom. The molecule has 1 N–H and O–H groups in total. The Bertz CT molecular complexity index is 837. The van der Waals surface area contributed by atoms with Gasteiger partial charge in [0, 0.05) is 25.2 Å². The van der Waals surface area contributed by atoms with Crippen LogP contribution in [0.1, 0.15) is 24.4 Å². The van der Waals surface area contributed by atoms with Crippen LogP contribution in [-0.2, 0) is 29.5 Å². The van der Waals surface area contributed by atoms with Gasteiger partial charge in [0.2, 0.25) is 10.0 Å². The fourth-order valence-corrected chi connectivity index (χ4v) is 4.01. The van der Waals surface area contributed by atoms with Crippen molar-refractivity contribution in [3.05, 3.63) is 35.9 Å². The van der Waals surface area contributed by atoms with Gasteiger partial charge in [0.05, 0.1) is 17.1 Å². The molecule has 0 amide bonds. The number of hydrogen-bond donors (Lipinski definition) is 1. The van der Waals surface area contributed by atoms with Crippen molar-refractivity contribution in [1.29, 1.82) is 0 Å². The molecule has 2 aliphatic rings. The summed E-state index contributed by atoms with van der Waals surface area (Å²) in [5.41, 5.74) is 0.744. The van der Waals surface area contributed by atoms with Crippen LogP contribution in [0.2, 0.25) is 0 Å². The minimum Gasteiger partial charge on any atom is -0.486 e. The van der Waals surface area contributed by atoms with Crippen molar-refractivity contribution in [3.8, 4) is 11.5 Å². The number of ether oxygens (including phenoxy) is 2. The molecule has 24 heavy (non-hydrogen) atoms. The summed E-state index contributed by atoms with van der Waals surface area (Å²) < 4.78 is 40.6. The van der Waals surface area contributed by atoms with Crippen LogP contribution in [0.15, 0.2) is 29.3 Å². The zero-order valence-corrected chi connectivity index (χ0v) is 14.0. The van der Waals surface area contributed by atoms with Gasteiger partial charge in [-0.25, -0.2) is 18.1 Å². The van der Waals surface area contributed by atoms with E-state index in [9.17, 15) is 8.42 Å². The molecule has 4 rings (SSSR count). The number of rotatable bonds is 4. The van der Waals surface area contributed by atoms with Crippen LogP contribution in [0, 0.1) is 0 Å². The topological polar surface area (TPSA) is 82.5 Å². The van der Waals surface area contributed by atoms with Crippen LogP contribution in [0.4, 0.5) is 0 Å². The highest BCUT2D eigenvalue weighted by molar-refractivity contribution is 7.89. The predicted octanol–water partition coefficient (Wildman–Crippen LogP) is 1.47. The van der Waals surface area contributed by atoms with Crippen molar-refractivity contribution in [1.82, 2.24) is 14.3 Å². The lowest BCUT2D eigenvalue weighted by atomic mass is 10.2. The highest BCUT2D eigenvalue weighted by Gasteiger charge is 2.20. The van der Waals surface area contributed by atoms with Crippen LogP contribution < -0.4 is 14.2 Å². The maximum atomic E-state index is 12.5. The van der Waals surface area contributed by atoms with Gasteiger partial charge in [-0.15, -0.1) is 0 Å². The van der Waals surface area contributed by atoms with Gasteiger partial charge >= 0.3 is 0 Å². The van der Waals surface area contributed by atoms with Crippen molar-refractivity contribution in [2.45, 2.75) is 37.2 Å². The first-order chi connectivity index (χ1) is 11.6. The number of nitrogens with zero attached hydrogens (tertiary/aromatic N) is 2. The van der Waals surface area contributed by atoms with Gasteiger partial charge in [-0.2, -0.15) is 0 Å². The lowest BCUT2D eigenvalue weighted by molar-refractivity contribution is 0.171. The number of fused-ring (bicyclic) bond motifs is 2. The molecule has 2 aromatic rings. The smallest absolute Gasteiger partial charge is 0.241 e. The first kappa shape index (κ1) is 15.5. The van der Waals surface area contributed by atoms with E-state index < -0.39 is 10.0 Å². The lowest BCUT2D eigenvalue weighted by Crippen LogP contribution is -2.24. The van der Waals surface area contributed by atoms with E-state index in [1.54, 1.807) is 6.07 Å².